The van der Waals surface area contributed by atoms with E-state index in [0.717, 1.165) is 135 Å². The summed E-state index contributed by atoms with van der Waals surface area (Å²) >= 11 is 0. The third kappa shape index (κ3) is 62.5. The molecule has 0 fully saturated rings. The van der Waals surface area contributed by atoms with E-state index in [9.17, 15) is 14.4 Å². The van der Waals surface area contributed by atoms with Crippen LogP contribution in [-0.2, 0) is 28.6 Å². The fraction of sp³-hybridized carbons (Fsp3) is 0.676. The van der Waals surface area contributed by atoms with Crippen molar-refractivity contribution in [2.45, 2.75) is 297 Å². The lowest BCUT2D eigenvalue weighted by molar-refractivity contribution is -0.167. The second-order valence-electron chi connectivity index (χ2n) is 21.0. The number of hydrogen-bond acceptors (Lipinski definition) is 6. The van der Waals surface area contributed by atoms with Gasteiger partial charge in [-0.3, -0.25) is 14.4 Å². The molecule has 0 aromatic heterocycles. The Morgan fingerprint density at radius 2 is 0.506 bits per heavy atom. The molecule has 0 saturated carbocycles. The van der Waals surface area contributed by atoms with Crippen LogP contribution >= 0.6 is 0 Å². The number of unbranched alkanes of at least 4 members (excludes halogenated alkanes) is 26. The Hall–Kier alpha value is -4.19. The average Bonchev–Trinajstić information content (AvgIpc) is 3.43. The monoisotopic (exact) mass is 1070 g/mol. The molecule has 0 N–H and O–H groups in total. The second kappa shape index (κ2) is 64.3. The fourth-order valence-corrected chi connectivity index (χ4v) is 8.71. The van der Waals surface area contributed by atoms with Gasteiger partial charge >= 0.3 is 17.9 Å². The van der Waals surface area contributed by atoms with Gasteiger partial charge < -0.3 is 14.2 Å². The molecule has 0 aliphatic heterocycles. The van der Waals surface area contributed by atoms with Crippen LogP contribution in [0.4, 0.5) is 0 Å². The molecule has 0 aliphatic rings. The standard InChI is InChI=1S/C71H118O6/c1-4-7-10-13-16-18-20-22-24-26-28-29-30-31-32-33-34-35-36-37-38-39-40-41-42-43-44-46-47-49-51-53-55-58-61-64-70(73)76-67-68(66-75-69(72)63-60-57-15-12-9-6-3)77-71(74)65-62-59-56-54-52-50-48-45-27-25-23-21-19-17-14-11-8-5-2/h7,10,16,18,22,24,28-29,31-32,34-35,37-38,40-41,43-44,47,49,68H,4-6,8-9,11-15,17,19-21,23,25-27,30,33,36,39,42,45-46,48,50-67H2,1-3H3/b10-7-,18-16-,24-22-,29-28-,32-31-,35-34-,38-37-,41-40-,44-43-,49-47-. The molecule has 1 unspecified atom stereocenters. The number of carbonyl (C=O) groups excluding carboxylic acids is 3. The van der Waals surface area contributed by atoms with Gasteiger partial charge in [-0.2, -0.15) is 0 Å². The number of ether oxygens (including phenoxy) is 3. The van der Waals surface area contributed by atoms with Crippen LogP contribution in [0.25, 0.3) is 0 Å². The van der Waals surface area contributed by atoms with Crippen molar-refractivity contribution in [3.63, 3.8) is 0 Å². The summed E-state index contributed by atoms with van der Waals surface area (Å²) in [5.74, 6) is -0.915. The molecule has 77 heavy (non-hydrogen) atoms. The van der Waals surface area contributed by atoms with Crippen molar-refractivity contribution in [3.05, 3.63) is 122 Å². The molecule has 0 aromatic rings. The quantitative estimate of drug-likeness (QED) is 0.0261. The average molecular weight is 1070 g/mol. The summed E-state index contributed by atoms with van der Waals surface area (Å²) in [6, 6.07) is 0. The van der Waals surface area contributed by atoms with Gasteiger partial charge in [0.05, 0.1) is 0 Å². The van der Waals surface area contributed by atoms with E-state index in [1.54, 1.807) is 0 Å². The van der Waals surface area contributed by atoms with Gasteiger partial charge in [-0.1, -0.05) is 296 Å². The molecular formula is C71H118O6. The van der Waals surface area contributed by atoms with Gasteiger partial charge in [-0.25, -0.2) is 0 Å². The Labute approximate surface area is 475 Å². The zero-order valence-electron chi connectivity index (χ0n) is 50.2. The summed E-state index contributed by atoms with van der Waals surface area (Å²) in [5, 5.41) is 0. The fourth-order valence-electron chi connectivity index (χ4n) is 8.71. The normalized spacial score (nSPS) is 12.9. The predicted molar refractivity (Wildman–Crippen MR) is 334 cm³/mol. The Kier molecular flexibility index (Phi) is 60.8. The lowest BCUT2D eigenvalue weighted by Crippen LogP contribution is -2.30. The maximum atomic E-state index is 12.8. The summed E-state index contributed by atoms with van der Waals surface area (Å²) in [6.45, 7) is 6.46. The van der Waals surface area contributed by atoms with E-state index in [1.165, 1.54) is 116 Å². The predicted octanol–water partition coefficient (Wildman–Crippen LogP) is 22.0. The van der Waals surface area contributed by atoms with Gasteiger partial charge in [0, 0.05) is 19.3 Å². The van der Waals surface area contributed by atoms with E-state index in [1.807, 2.05) is 0 Å². The minimum atomic E-state index is -0.786. The molecule has 0 spiro atoms. The number of allylic oxidation sites excluding steroid dienone is 20. The molecule has 0 amide bonds. The van der Waals surface area contributed by atoms with E-state index in [2.05, 4.69) is 142 Å². The van der Waals surface area contributed by atoms with Gasteiger partial charge in [-0.15, -0.1) is 0 Å². The molecule has 6 nitrogen and oxygen atoms in total. The molecule has 0 rings (SSSR count). The first-order valence-corrected chi connectivity index (χ1v) is 32.0. The highest BCUT2D eigenvalue weighted by Gasteiger charge is 2.19. The Balaban J connectivity index is 4.15. The highest BCUT2D eigenvalue weighted by Crippen LogP contribution is 2.16. The van der Waals surface area contributed by atoms with Crippen LogP contribution < -0.4 is 0 Å². The zero-order chi connectivity index (χ0) is 55.7. The zero-order valence-corrected chi connectivity index (χ0v) is 50.2. The molecule has 438 valence electrons. The largest absolute Gasteiger partial charge is 0.462 e. The minimum absolute atomic E-state index is 0.0850. The molecule has 1 atom stereocenters. The van der Waals surface area contributed by atoms with Gasteiger partial charge in [0.15, 0.2) is 6.10 Å². The first-order valence-electron chi connectivity index (χ1n) is 32.0. The summed E-state index contributed by atoms with van der Waals surface area (Å²) in [7, 11) is 0. The summed E-state index contributed by atoms with van der Waals surface area (Å²) in [4.78, 5) is 38.0. The van der Waals surface area contributed by atoms with E-state index in [-0.39, 0.29) is 31.1 Å². The van der Waals surface area contributed by atoms with Gasteiger partial charge in [0.2, 0.25) is 0 Å². The van der Waals surface area contributed by atoms with Crippen molar-refractivity contribution in [2.75, 3.05) is 13.2 Å². The molecule has 0 saturated heterocycles. The van der Waals surface area contributed by atoms with Gasteiger partial charge in [0.1, 0.15) is 13.2 Å². The summed E-state index contributed by atoms with van der Waals surface area (Å²) in [5.41, 5.74) is 0. The molecule has 0 aromatic carbocycles. The lowest BCUT2D eigenvalue weighted by Gasteiger charge is -2.18. The molecular weight excluding hydrogens is 949 g/mol. The van der Waals surface area contributed by atoms with Gasteiger partial charge in [-0.05, 0) is 96.3 Å². The molecule has 0 bridgehead atoms. The van der Waals surface area contributed by atoms with E-state index in [4.69, 9.17) is 14.2 Å². The molecule has 0 radical (unpaired) electrons. The smallest absolute Gasteiger partial charge is 0.306 e. The minimum Gasteiger partial charge on any atom is -0.462 e. The van der Waals surface area contributed by atoms with Crippen LogP contribution in [0.1, 0.15) is 290 Å². The van der Waals surface area contributed by atoms with E-state index in [0.29, 0.717) is 19.3 Å². The Bertz CT molecular complexity index is 1600. The first-order chi connectivity index (χ1) is 38.0. The lowest BCUT2D eigenvalue weighted by atomic mass is 10.0. The van der Waals surface area contributed by atoms with E-state index < -0.39 is 6.10 Å². The van der Waals surface area contributed by atoms with Crippen LogP contribution in [0, 0.1) is 0 Å². The van der Waals surface area contributed by atoms with Crippen molar-refractivity contribution in [1.29, 1.82) is 0 Å². The number of carbonyl (C=O) groups is 3. The van der Waals surface area contributed by atoms with Crippen molar-refractivity contribution >= 4 is 17.9 Å². The molecule has 0 heterocycles. The number of esters is 3. The molecule has 6 heteroatoms. The Morgan fingerprint density at radius 1 is 0.273 bits per heavy atom. The summed E-state index contributed by atoms with van der Waals surface area (Å²) in [6.07, 6.45) is 89.6. The van der Waals surface area contributed by atoms with Gasteiger partial charge in [0.25, 0.3) is 0 Å². The maximum Gasteiger partial charge on any atom is 0.306 e. The SMILES string of the molecule is CC/C=C\C/C=C\C/C=C\C/C=C\C/C=C\C/C=C\C/C=C\C/C=C\C/C=C\C/C=C\CCCCCCC(=O)OCC(COC(=O)CCCCCCCC)OC(=O)CCCCCCCCCCCCCCCCCCCC. The Morgan fingerprint density at radius 3 is 0.792 bits per heavy atom. The van der Waals surface area contributed by atoms with E-state index >= 15 is 0 Å². The topological polar surface area (TPSA) is 78.9 Å². The van der Waals surface area contributed by atoms with Crippen LogP contribution in [-0.4, -0.2) is 37.2 Å². The summed E-state index contributed by atoms with van der Waals surface area (Å²) < 4.78 is 16.8. The van der Waals surface area contributed by atoms with Crippen LogP contribution in [0.2, 0.25) is 0 Å². The van der Waals surface area contributed by atoms with Crippen LogP contribution in [0.5, 0.6) is 0 Å². The maximum absolute atomic E-state index is 12.8. The van der Waals surface area contributed by atoms with Crippen molar-refractivity contribution in [3.8, 4) is 0 Å². The first kappa shape index (κ1) is 72.8. The highest BCUT2D eigenvalue weighted by molar-refractivity contribution is 5.71. The third-order valence-electron chi connectivity index (χ3n) is 13.5. The number of rotatable bonds is 57. The van der Waals surface area contributed by atoms with Crippen molar-refractivity contribution < 1.29 is 28.6 Å². The molecule has 0 aliphatic carbocycles. The van der Waals surface area contributed by atoms with Crippen molar-refractivity contribution in [1.82, 2.24) is 0 Å². The van der Waals surface area contributed by atoms with Crippen LogP contribution in [0.3, 0.4) is 0 Å². The highest BCUT2D eigenvalue weighted by atomic mass is 16.6. The second-order valence-corrected chi connectivity index (χ2v) is 21.0. The third-order valence-corrected chi connectivity index (χ3v) is 13.5. The van der Waals surface area contributed by atoms with Crippen molar-refractivity contribution in [2.24, 2.45) is 0 Å². The number of hydrogen-bond donors (Lipinski definition) is 0. The van der Waals surface area contributed by atoms with Crippen LogP contribution in [0.15, 0.2) is 122 Å².